The number of aromatic hydroxyl groups is 4. The number of phenols is 4. The highest BCUT2D eigenvalue weighted by atomic mass is 32.1. The van der Waals surface area contributed by atoms with E-state index in [4.69, 9.17) is 12.2 Å². The monoisotopic (exact) mass is 776 g/mol. The second-order valence-electron chi connectivity index (χ2n) is 13.9. The van der Waals surface area contributed by atoms with Crippen molar-refractivity contribution >= 4 is 61.9 Å². The average Bonchev–Trinajstić information content (AvgIpc) is 3.69. The lowest BCUT2D eigenvalue weighted by Crippen LogP contribution is -2.36. The first-order chi connectivity index (χ1) is 26.6. The Morgan fingerprint density at radius 3 is 2.09 bits per heavy atom. The Labute approximate surface area is 336 Å². The molecule has 0 aliphatic heterocycles. The van der Waals surface area contributed by atoms with Gasteiger partial charge in [-0.15, -0.1) is 0 Å². The van der Waals surface area contributed by atoms with E-state index in [0.717, 1.165) is 49.9 Å². The molecular formula is C45H56N6O4S. The summed E-state index contributed by atoms with van der Waals surface area (Å²) in [6.07, 6.45) is 5.98. The van der Waals surface area contributed by atoms with Gasteiger partial charge in [0.15, 0.2) is 5.11 Å². The van der Waals surface area contributed by atoms with Gasteiger partial charge in [0.1, 0.15) is 23.0 Å². The summed E-state index contributed by atoms with van der Waals surface area (Å²) in [5.74, 6) is 0.212. The van der Waals surface area contributed by atoms with Gasteiger partial charge >= 0.3 is 0 Å². The maximum Gasteiger partial charge on any atom is 0.177 e. The summed E-state index contributed by atoms with van der Waals surface area (Å²) in [6, 6.07) is 20.4. The van der Waals surface area contributed by atoms with Crippen molar-refractivity contribution in [3.8, 4) is 23.0 Å². The molecule has 0 aliphatic carbocycles. The third kappa shape index (κ3) is 9.23. The number of nitrogens with one attached hydrogen (secondary N) is 3. The van der Waals surface area contributed by atoms with E-state index < -0.39 is 0 Å². The molecule has 10 nitrogen and oxygen atoms in total. The third-order valence-electron chi connectivity index (χ3n) is 9.33. The van der Waals surface area contributed by atoms with E-state index in [2.05, 4.69) is 60.6 Å². The lowest BCUT2D eigenvalue weighted by Gasteiger charge is -2.28. The van der Waals surface area contributed by atoms with E-state index in [-0.39, 0.29) is 28.9 Å². The standard InChI is InChI=1S/C23H28N4O2S.C19H20N2O2.C3H8/c1-13(2)17-10-19(22(29)11-21(17)28)15(4)27(23(30)24-5)16-7-8-20-18(9-16)14(3)12-26(20)25-6;1-4-13-10-16(19(23)11-18(13)22)12(2)20-15-5-6-17-14(9-15)7-8-21(17)3;1-3-2/h7-13,25,28-29H,4H2,1-3,5-6H3,(H,24,30);5-11,20,22-23H,2,4H2,1,3H3;3H2,1-2H3. The van der Waals surface area contributed by atoms with Crippen molar-refractivity contribution in [2.24, 2.45) is 7.05 Å². The Hall–Kier alpha value is -6.07. The first-order valence-corrected chi connectivity index (χ1v) is 19.1. The van der Waals surface area contributed by atoms with Gasteiger partial charge in [0.05, 0.1) is 11.2 Å². The fourth-order valence-electron chi connectivity index (χ4n) is 6.37. The fraction of sp³-hybridized carbons (Fsp3) is 0.267. The molecular weight excluding hydrogens is 721 g/mol. The average molecular weight is 777 g/mol. The van der Waals surface area contributed by atoms with Gasteiger partial charge in [-0.3, -0.25) is 9.58 Å². The maximum absolute atomic E-state index is 10.5. The summed E-state index contributed by atoms with van der Waals surface area (Å²) >= 11 is 5.58. The topological polar surface area (TPSA) is 130 Å². The number of hydrogen-bond acceptors (Lipinski definition) is 7. The van der Waals surface area contributed by atoms with Crippen molar-refractivity contribution in [2.75, 3.05) is 29.7 Å². The predicted octanol–water partition coefficient (Wildman–Crippen LogP) is 10.3. The van der Waals surface area contributed by atoms with E-state index in [1.807, 2.05) is 88.3 Å². The maximum atomic E-state index is 10.5. The van der Waals surface area contributed by atoms with Crippen molar-refractivity contribution in [3.63, 3.8) is 0 Å². The molecule has 0 saturated heterocycles. The lowest BCUT2D eigenvalue weighted by molar-refractivity contribution is 0.442. The minimum absolute atomic E-state index is 0.0120. The van der Waals surface area contributed by atoms with E-state index in [1.54, 1.807) is 24.1 Å². The van der Waals surface area contributed by atoms with Crippen molar-refractivity contribution < 1.29 is 20.4 Å². The van der Waals surface area contributed by atoms with Crippen LogP contribution in [0.1, 0.15) is 74.8 Å². The molecule has 4 aromatic carbocycles. The molecule has 0 atom stereocenters. The molecule has 0 fully saturated rings. The van der Waals surface area contributed by atoms with Gasteiger partial charge in [-0.2, -0.15) is 0 Å². The van der Waals surface area contributed by atoms with Crippen LogP contribution in [0.2, 0.25) is 0 Å². The summed E-state index contributed by atoms with van der Waals surface area (Å²) in [6.45, 7) is 20.5. The molecule has 0 bridgehead atoms. The zero-order chi connectivity index (χ0) is 41.4. The molecule has 0 radical (unpaired) electrons. The minimum Gasteiger partial charge on any atom is -0.508 e. The van der Waals surface area contributed by atoms with E-state index in [0.29, 0.717) is 34.1 Å². The number of nitrogens with zero attached hydrogens (tertiary/aromatic N) is 3. The van der Waals surface area contributed by atoms with Gasteiger partial charge in [-0.05, 0) is 103 Å². The van der Waals surface area contributed by atoms with Crippen LogP contribution in [0.3, 0.4) is 0 Å². The number of benzene rings is 4. The highest BCUT2D eigenvalue weighted by Gasteiger charge is 2.22. The van der Waals surface area contributed by atoms with Crippen LogP contribution in [-0.4, -0.2) is 48.9 Å². The Balaban J connectivity index is 0.000000239. The number of rotatable bonds is 9. The molecule has 2 heterocycles. The number of aromatic nitrogens is 2. The molecule has 0 saturated carbocycles. The predicted molar refractivity (Wildman–Crippen MR) is 240 cm³/mol. The van der Waals surface area contributed by atoms with Crippen LogP contribution in [0, 0.1) is 6.92 Å². The van der Waals surface area contributed by atoms with Crippen LogP contribution in [-0.2, 0) is 13.5 Å². The number of aryl methyl sites for hydroxylation is 3. The molecule has 6 aromatic rings. The summed E-state index contributed by atoms with van der Waals surface area (Å²) in [7, 11) is 5.63. The molecule has 6 rings (SSSR count). The fourth-order valence-corrected chi connectivity index (χ4v) is 6.59. The SMILES string of the molecule is C=C(Nc1ccc2c(ccn2C)c1)c1cc(CC)c(O)cc1O.C=C(c1cc(C(C)C)c(O)cc1O)N(C(=S)NC)c1ccc2c(c1)c(C)cn2NC.CCC. The molecule has 56 heavy (non-hydrogen) atoms. The minimum atomic E-state index is -0.0515. The summed E-state index contributed by atoms with van der Waals surface area (Å²) < 4.78 is 4.03. The second-order valence-corrected chi connectivity index (χ2v) is 14.3. The quantitative estimate of drug-likeness (QED) is 0.0718. The number of hydrogen-bond donors (Lipinski definition) is 7. The molecule has 11 heteroatoms. The highest BCUT2D eigenvalue weighted by Crippen LogP contribution is 2.39. The van der Waals surface area contributed by atoms with Crippen LogP contribution in [0.15, 0.2) is 92.3 Å². The summed E-state index contributed by atoms with van der Waals surface area (Å²) in [5.41, 5.74) is 11.9. The zero-order valence-corrected chi connectivity index (χ0v) is 34.8. The number of phenolic OH excluding ortho intramolecular Hbond substituents is 4. The van der Waals surface area contributed by atoms with Crippen molar-refractivity contribution in [3.05, 3.63) is 120 Å². The zero-order valence-electron chi connectivity index (χ0n) is 34.0. The Morgan fingerprint density at radius 1 is 0.821 bits per heavy atom. The second kappa shape index (κ2) is 18.5. The third-order valence-corrected chi connectivity index (χ3v) is 9.72. The van der Waals surface area contributed by atoms with Crippen LogP contribution < -0.4 is 21.0 Å². The Kier molecular flexibility index (Phi) is 14.1. The molecule has 2 aromatic heterocycles. The van der Waals surface area contributed by atoms with Crippen LogP contribution in [0.5, 0.6) is 23.0 Å². The van der Waals surface area contributed by atoms with Gasteiger partial charge < -0.3 is 41.1 Å². The van der Waals surface area contributed by atoms with Gasteiger partial charge in [-0.1, -0.05) is 54.2 Å². The Morgan fingerprint density at radius 2 is 1.46 bits per heavy atom. The van der Waals surface area contributed by atoms with Gasteiger partial charge in [0.25, 0.3) is 0 Å². The molecule has 0 spiro atoms. The summed E-state index contributed by atoms with van der Waals surface area (Å²) in [4.78, 5) is 1.79. The van der Waals surface area contributed by atoms with Crippen molar-refractivity contribution in [1.29, 1.82) is 0 Å². The van der Waals surface area contributed by atoms with E-state index in [9.17, 15) is 20.4 Å². The van der Waals surface area contributed by atoms with Gasteiger partial charge in [0, 0.05) is 90.2 Å². The van der Waals surface area contributed by atoms with Crippen LogP contribution in [0.4, 0.5) is 11.4 Å². The first-order valence-electron chi connectivity index (χ1n) is 18.7. The molecule has 7 N–H and O–H groups in total. The molecule has 0 unspecified atom stereocenters. The van der Waals surface area contributed by atoms with Crippen LogP contribution >= 0.6 is 12.2 Å². The molecule has 296 valence electrons. The number of anilines is 2. The van der Waals surface area contributed by atoms with E-state index in [1.165, 1.54) is 18.6 Å². The van der Waals surface area contributed by atoms with Gasteiger partial charge in [-0.25, -0.2) is 0 Å². The number of thiocarbonyl (C=S) groups is 1. The smallest absolute Gasteiger partial charge is 0.177 e. The van der Waals surface area contributed by atoms with Crippen molar-refractivity contribution in [1.82, 2.24) is 14.6 Å². The van der Waals surface area contributed by atoms with Gasteiger partial charge in [0.2, 0.25) is 0 Å². The van der Waals surface area contributed by atoms with Crippen molar-refractivity contribution in [2.45, 2.75) is 60.3 Å². The molecule has 0 amide bonds. The van der Waals surface area contributed by atoms with E-state index >= 15 is 0 Å². The highest BCUT2D eigenvalue weighted by molar-refractivity contribution is 7.80. The lowest BCUT2D eigenvalue weighted by atomic mass is 9.97. The number of fused-ring (bicyclic) bond motifs is 2. The first kappa shape index (κ1) is 42.7. The van der Waals surface area contributed by atoms with Crippen LogP contribution in [0.25, 0.3) is 33.2 Å². The molecule has 0 aliphatic rings. The normalized spacial score (nSPS) is 10.7. The summed E-state index contributed by atoms with van der Waals surface area (Å²) in [5, 5.41) is 49.5. The Bertz CT molecular complexity index is 2370. The largest absolute Gasteiger partial charge is 0.508 e.